The van der Waals surface area contributed by atoms with E-state index in [1.54, 1.807) is 29.2 Å². The molecule has 2 amide bonds. The SMILES string of the molecule is O=C(C=Cc1ccc(OC(F)(F)F)cc1)N1CCC2CN(C(=O)c3ccc4n[nH]nc4c3)CC2C1. The third kappa shape index (κ3) is 5.13. The van der Waals surface area contributed by atoms with Gasteiger partial charge in [-0.2, -0.15) is 15.4 Å². The van der Waals surface area contributed by atoms with Crippen molar-refractivity contribution in [3.63, 3.8) is 0 Å². The second-order valence-electron chi connectivity index (χ2n) is 8.78. The van der Waals surface area contributed by atoms with Crippen LogP contribution in [-0.2, 0) is 4.79 Å². The lowest BCUT2D eigenvalue weighted by molar-refractivity contribution is -0.274. The molecule has 2 aliphatic heterocycles. The van der Waals surface area contributed by atoms with Crippen LogP contribution in [0.2, 0.25) is 0 Å². The molecule has 8 nitrogen and oxygen atoms in total. The van der Waals surface area contributed by atoms with Crippen LogP contribution >= 0.6 is 0 Å². The molecule has 5 rings (SSSR count). The third-order valence-electron chi connectivity index (χ3n) is 6.50. The molecule has 3 aromatic rings. The van der Waals surface area contributed by atoms with Crippen molar-refractivity contribution in [2.45, 2.75) is 12.8 Å². The lowest BCUT2D eigenvalue weighted by Gasteiger charge is -2.33. The van der Waals surface area contributed by atoms with Crippen molar-refractivity contribution in [1.29, 1.82) is 0 Å². The standard InChI is InChI=1S/C24H22F3N5O3/c25-24(26,27)35-19-5-1-15(2-6-19)3-8-22(33)31-10-9-17-12-32(14-18(17)13-31)23(34)16-4-7-20-21(11-16)29-30-28-20/h1-8,11,17-18H,9-10,12-14H2,(H,28,29,30). The fourth-order valence-corrected chi connectivity index (χ4v) is 4.74. The Kier molecular flexibility index (Phi) is 5.91. The van der Waals surface area contributed by atoms with Gasteiger partial charge in [-0.3, -0.25) is 9.59 Å². The Bertz CT molecular complexity index is 1270. The van der Waals surface area contributed by atoms with E-state index in [-0.39, 0.29) is 23.5 Å². The van der Waals surface area contributed by atoms with Crippen LogP contribution in [-0.4, -0.2) is 69.6 Å². The van der Waals surface area contributed by atoms with Gasteiger partial charge in [-0.15, -0.1) is 13.2 Å². The van der Waals surface area contributed by atoms with E-state index in [2.05, 4.69) is 20.1 Å². The summed E-state index contributed by atoms with van der Waals surface area (Å²) in [7, 11) is 0. The maximum Gasteiger partial charge on any atom is 0.573 e. The molecule has 1 aromatic heterocycles. The van der Waals surface area contributed by atoms with Gasteiger partial charge in [-0.1, -0.05) is 12.1 Å². The number of nitrogens with zero attached hydrogens (tertiary/aromatic N) is 4. The summed E-state index contributed by atoms with van der Waals surface area (Å²) in [5.41, 5.74) is 2.49. The fourth-order valence-electron chi connectivity index (χ4n) is 4.74. The number of halogens is 3. The predicted octanol–water partition coefficient (Wildman–Crippen LogP) is 3.49. The fraction of sp³-hybridized carbons (Fsp3) is 0.333. The molecule has 3 heterocycles. The molecule has 182 valence electrons. The average Bonchev–Trinajstić information content (AvgIpc) is 3.47. The van der Waals surface area contributed by atoms with Crippen LogP contribution in [0, 0.1) is 11.8 Å². The molecule has 0 bridgehead atoms. The second-order valence-corrected chi connectivity index (χ2v) is 8.78. The highest BCUT2D eigenvalue weighted by Crippen LogP contribution is 2.32. The maximum absolute atomic E-state index is 13.0. The van der Waals surface area contributed by atoms with Gasteiger partial charge in [0.2, 0.25) is 5.91 Å². The highest BCUT2D eigenvalue weighted by Gasteiger charge is 2.40. The van der Waals surface area contributed by atoms with Crippen LogP contribution in [0.4, 0.5) is 13.2 Å². The van der Waals surface area contributed by atoms with Crippen molar-refractivity contribution in [2.75, 3.05) is 26.2 Å². The Morgan fingerprint density at radius 1 is 0.971 bits per heavy atom. The minimum Gasteiger partial charge on any atom is -0.406 e. The molecule has 0 aliphatic carbocycles. The van der Waals surface area contributed by atoms with E-state index in [4.69, 9.17) is 0 Å². The first kappa shape index (κ1) is 22.9. The first-order valence-electron chi connectivity index (χ1n) is 11.2. The van der Waals surface area contributed by atoms with Crippen molar-refractivity contribution in [3.05, 3.63) is 59.7 Å². The van der Waals surface area contributed by atoms with Gasteiger partial charge in [0.05, 0.1) is 0 Å². The Hall–Kier alpha value is -3.89. The van der Waals surface area contributed by atoms with Gasteiger partial charge in [0.15, 0.2) is 0 Å². The Labute approximate surface area is 198 Å². The molecule has 1 N–H and O–H groups in total. The van der Waals surface area contributed by atoms with Crippen molar-refractivity contribution >= 4 is 28.9 Å². The number of likely N-dealkylation sites (tertiary alicyclic amines) is 2. The number of carbonyl (C=O) groups is 2. The van der Waals surface area contributed by atoms with E-state index in [9.17, 15) is 22.8 Å². The molecule has 0 spiro atoms. The number of nitrogens with one attached hydrogen (secondary N) is 1. The van der Waals surface area contributed by atoms with Crippen LogP contribution in [0.25, 0.3) is 17.1 Å². The number of hydrogen-bond acceptors (Lipinski definition) is 5. The number of H-pyrrole nitrogens is 1. The lowest BCUT2D eigenvalue weighted by Crippen LogP contribution is -2.42. The van der Waals surface area contributed by atoms with E-state index in [0.29, 0.717) is 54.3 Å². The number of alkyl halides is 3. The largest absolute Gasteiger partial charge is 0.573 e. The van der Waals surface area contributed by atoms with Crippen LogP contribution in [0.15, 0.2) is 48.5 Å². The van der Waals surface area contributed by atoms with Crippen LogP contribution < -0.4 is 4.74 Å². The van der Waals surface area contributed by atoms with Crippen LogP contribution in [0.3, 0.4) is 0 Å². The maximum atomic E-state index is 13.0. The monoisotopic (exact) mass is 485 g/mol. The predicted molar refractivity (Wildman–Crippen MR) is 120 cm³/mol. The third-order valence-corrected chi connectivity index (χ3v) is 6.50. The molecular formula is C24H22F3N5O3. The molecule has 0 saturated carbocycles. The first-order valence-corrected chi connectivity index (χ1v) is 11.2. The quantitative estimate of drug-likeness (QED) is 0.572. The molecule has 2 atom stereocenters. The van der Waals surface area contributed by atoms with Gasteiger partial charge in [0.25, 0.3) is 5.91 Å². The van der Waals surface area contributed by atoms with Gasteiger partial charge in [-0.25, -0.2) is 0 Å². The highest BCUT2D eigenvalue weighted by molar-refractivity contribution is 5.97. The number of piperidine rings is 1. The van der Waals surface area contributed by atoms with E-state index in [1.807, 2.05) is 4.90 Å². The van der Waals surface area contributed by atoms with Crippen molar-refractivity contribution < 1.29 is 27.5 Å². The first-order chi connectivity index (χ1) is 16.7. The van der Waals surface area contributed by atoms with Crippen LogP contribution in [0.5, 0.6) is 5.75 Å². The molecule has 2 aliphatic rings. The average molecular weight is 485 g/mol. The lowest BCUT2D eigenvalue weighted by atomic mass is 9.88. The van der Waals surface area contributed by atoms with Gasteiger partial charge < -0.3 is 14.5 Å². The summed E-state index contributed by atoms with van der Waals surface area (Å²) >= 11 is 0. The zero-order valence-corrected chi connectivity index (χ0v) is 18.5. The van der Waals surface area contributed by atoms with Crippen molar-refractivity contribution in [1.82, 2.24) is 25.2 Å². The summed E-state index contributed by atoms with van der Waals surface area (Å²) in [5, 5.41) is 10.6. The number of rotatable bonds is 4. The highest BCUT2D eigenvalue weighted by atomic mass is 19.4. The van der Waals surface area contributed by atoms with E-state index < -0.39 is 6.36 Å². The molecule has 2 unspecified atom stereocenters. The minimum absolute atomic E-state index is 0.0555. The Balaban J connectivity index is 1.17. The number of carbonyl (C=O) groups excluding carboxylic acids is 2. The molecular weight excluding hydrogens is 463 g/mol. The number of benzene rings is 2. The summed E-state index contributed by atoms with van der Waals surface area (Å²) in [6.07, 6.45) is -0.953. The number of hydrogen-bond donors (Lipinski definition) is 1. The van der Waals surface area contributed by atoms with Gasteiger partial charge in [0.1, 0.15) is 16.8 Å². The molecule has 0 radical (unpaired) electrons. The molecule has 11 heteroatoms. The molecule has 35 heavy (non-hydrogen) atoms. The zero-order chi connectivity index (χ0) is 24.6. The Morgan fingerprint density at radius 2 is 1.69 bits per heavy atom. The molecule has 2 fully saturated rings. The summed E-state index contributed by atoms with van der Waals surface area (Å²) in [6.45, 7) is 2.38. The van der Waals surface area contributed by atoms with Crippen molar-refractivity contribution in [2.24, 2.45) is 11.8 Å². The zero-order valence-electron chi connectivity index (χ0n) is 18.5. The van der Waals surface area contributed by atoms with E-state index >= 15 is 0 Å². The van der Waals surface area contributed by atoms with Gasteiger partial charge in [-0.05, 0) is 60.2 Å². The summed E-state index contributed by atoms with van der Waals surface area (Å²) in [5.74, 6) is -0.00625. The number of aromatic amines is 1. The minimum atomic E-state index is -4.75. The summed E-state index contributed by atoms with van der Waals surface area (Å²) in [6, 6.07) is 10.5. The topological polar surface area (TPSA) is 91.4 Å². The second kappa shape index (κ2) is 9.05. The van der Waals surface area contributed by atoms with Crippen LogP contribution in [0.1, 0.15) is 22.3 Å². The number of ether oxygens (including phenoxy) is 1. The normalized spacial score (nSPS) is 20.4. The number of aromatic nitrogens is 3. The summed E-state index contributed by atoms with van der Waals surface area (Å²) in [4.78, 5) is 29.4. The van der Waals surface area contributed by atoms with E-state index in [1.165, 1.54) is 30.3 Å². The number of fused-ring (bicyclic) bond motifs is 2. The van der Waals surface area contributed by atoms with Gasteiger partial charge >= 0.3 is 6.36 Å². The van der Waals surface area contributed by atoms with Crippen molar-refractivity contribution in [3.8, 4) is 5.75 Å². The number of amides is 2. The smallest absolute Gasteiger partial charge is 0.406 e. The Morgan fingerprint density at radius 3 is 2.46 bits per heavy atom. The van der Waals surface area contributed by atoms with E-state index in [0.717, 1.165) is 6.42 Å². The summed E-state index contributed by atoms with van der Waals surface area (Å²) < 4.78 is 40.7. The molecule has 2 saturated heterocycles. The van der Waals surface area contributed by atoms with Gasteiger partial charge in [0, 0.05) is 37.8 Å². The molecule has 2 aromatic carbocycles.